The van der Waals surface area contributed by atoms with Gasteiger partial charge in [0.2, 0.25) is 17.7 Å². The zero-order valence-electron chi connectivity index (χ0n) is 26.6. The number of carbonyl (C=O) groups excluding carboxylic acids is 1. The summed E-state index contributed by atoms with van der Waals surface area (Å²) in [5, 5.41) is 10.5. The lowest BCUT2D eigenvalue weighted by molar-refractivity contribution is -0.119. The van der Waals surface area contributed by atoms with Crippen LogP contribution in [0.1, 0.15) is 30.7 Å². The van der Waals surface area contributed by atoms with Crippen LogP contribution in [0.25, 0.3) is 33.6 Å². The molecule has 1 amide bonds. The Hall–Kier alpha value is -4.53. The van der Waals surface area contributed by atoms with E-state index in [-0.39, 0.29) is 11.9 Å². The molecule has 1 aliphatic heterocycles. The predicted octanol–water partition coefficient (Wildman–Crippen LogP) is 3.70. The summed E-state index contributed by atoms with van der Waals surface area (Å²) in [6.07, 6.45) is 6.75. The van der Waals surface area contributed by atoms with Gasteiger partial charge in [-0.15, -0.1) is 0 Å². The summed E-state index contributed by atoms with van der Waals surface area (Å²) in [5.41, 5.74) is 14.0. The molecule has 1 atom stereocenters. The van der Waals surface area contributed by atoms with Gasteiger partial charge in [0.15, 0.2) is 0 Å². The molecule has 15 heteroatoms. The van der Waals surface area contributed by atoms with Crippen molar-refractivity contribution in [3.8, 4) is 45.4 Å². The minimum absolute atomic E-state index is 0.0796. The first-order valence-corrected chi connectivity index (χ1v) is 16.1. The third-order valence-electron chi connectivity index (χ3n) is 7.87. The van der Waals surface area contributed by atoms with Crippen LogP contribution in [0, 0.1) is 0 Å². The summed E-state index contributed by atoms with van der Waals surface area (Å²) in [6.45, 7) is 2.12. The van der Waals surface area contributed by atoms with Crippen molar-refractivity contribution in [3.63, 3.8) is 0 Å². The minimum atomic E-state index is 0.0796. The second kappa shape index (κ2) is 16.5. The Morgan fingerprint density at radius 3 is 1.94 bits per heavy atom. The maximum atomic E-state index is 11.5. The van der Waals surface area contributed by atoms with Crippen molar-refractivity contribution in [2.75, 3.05) is 27.3 Å². The van der Waals surface area contributed by atoms with E-state index in [0.717, 1.165) is 12.1 Å². The maximum Gasteiger partial charge on any atom is 0.237 e. The van der Waals surface area contributed by atoms with Gasteiger partial charge in [0.05, 0.1) is 48.0 Å². The number of methoxy groups -OCH3 is 2. The highest BCUT2D eigenvalue weighted by Crippen LogP contribution is 2.42. The van der Waals surface area contributed by atoms with Gasteiger partial charge < -0.3 is 36.6 Å². The van der Waals surface area contributed by atoms with Crippen molar-refractivity contribution >= 4 is 29.1 Å². The molecule has 0 bridgehead atoms. The molecule has 2 aromatic heterocycles. The van der Waals surface area contributed by atoms with Crippen molar-refractivity contribution in [2.24, 2.45) is 11.6 Å². The molecule has 0 saturated carbocycles. The van der Waals surface area contributed by atoms with Crippen LogP contribution in [0.2, 0.25) is 10.0 Å². The van der Waals surface area contributed by atoms with Crippen LogP contribution in [0.5, 0.6) is 11.8 Å². The Labute approximate surface area is 288 Å². The number of hydrazine groups is 1. The largest absolute Gasteiger partial charge is 0.480 e. The van der Waals surface area contributed by atoms with Crippen LogP contribution in [-0.2, 0) is 17.9 Å². The number of nitrogens with two attached hydrogens (primary N) is 2. The second-order valence-corrected chi connectivity index (χ2v) is 11.7. The van der Waals surface area contributed by atoms with E-state index in [1.165, 1.54) is 6.20 Å². The Balaban J connectivity index is 1.35. The number of hydrogen-bond acceptors (Lipinski definition) is 12. The van der Waals surface area contributed by atoms with Gasteiger partial charge >= 0.3 is 0 Å². The Bertz CT molecular complexity index is 1790. The molecule has 13 nitrogen and oxygen atoms in total. The van der Waals surface area contributed by atoms with E-state index in [1.54, 1.807) is 26.6 Å². The number of halogens is 2. The van der Waals surface area contributed by atoms with Crippen LogP contribution in [0.15, 0.2) is 60.7 Å². The molecule has 8 N–H and O–H groups in total. The average Bonchev–Trinajstić information content (AvgIpc) is 3.53. The molecular formula is C33H38Cl2N10O3. The van der Waals surface area contributed by atoms with E-state index in [1.807, 2.05) is 36.4 Å². The molecule has 1 aliphatic rings. The van der Waals surface area contributed by atoms with Crippen LogP contribution in [0.3, 0.4) is 0 Å². The summed E-state index contributed by atoms with van der Waals surface area (Å²) in [6, 6.07) is 11.4. The molecule has 4 aromatic rings. The summed E-state index contributed by atoms with van der Waals surface area (Å²) in [5.74, 6) is 6.28. The van der Waals surface area contributed by atoms with E-state index in [9.17, 15) is 4.79 Å². The standard InChI is InChI=1S/C33H38Cl2N10O3/c1-47-32-27(15-38-12-11-19(13-36)45-37)40-17-25(43-32)23-7-3-5-21(30(23)34)22-6-4-8-24(31(22)35)26-18-41-28(33(44-26)48-2)16-39-14-20-9-10-29(46)42-20/h3-8,13,17-18,20,38-39,45H,9-12,14-16,36-37H2,1-2H3,(H,42,46)/b19-13-. The number of nitrogens with one attached hydrogen (secondary N) is 4. The third kappa shape index (κ3) is 8.12. The van der Waals surface area contributed by atoms with Gasteiger partial charge in [-0.25, -0.2) is 9.97 Å². The van der Waals surface area contributed by atoms with E-state index < -0.39 is 0 Å². The molecule has 1 unspecified atom stereocenters. The number of amides is 1. The quantitative estimate of drug-likeness (QED) is 0.0603. The Kier molecular flexibility index (Phi) is 12.0. The van der Waals surface area contributed by atoms with Gasteiger partial charge in [0.1, 0.15) is 11.4 Å². The molecule has 2 aromatic carbocycles. The first-order valence-electron chi connectivity index (χ1n) is 15.3. The lowest BCUT2D eigenvalue weighted by Crippen LogP contribution is -2.35. The normalized spacial score (nSPS) is 14.6. The van der Waals surface area contributed by atoms with Gasteiger partial charge in [0, 0.05) is 79.2 Å². The molecule has 0 spiro atoms. The number of rotatable bonds is 15. The van der Waals surface area contributed by atoms with Gasteiger partial charge in [-0.2, -0.15) is 0 Å². The number of carbonyl (C=O) groups is 1. The number of nitrogens with zero attached hydrogens (tertiary/aromatic N) is 4. The Morgan fingerprint density at radius 2 is 1.46 bits per heavy atom. The zero-order valence-corrected chi connectivity index (χ0v) is 28.2. The summed E-state index contributed by atoms with van der Waals surface area (Å²) < 4.78 is 11.1. The number of hydrogen-bond donors (Lipinski definition) is 6. The fourth-order valence-electron chi connectivity index (χ4n) is 5.33. The first kappa shape index (κ1) is 34.8. The third-order valence-corrected chi connectivity index (χ3v) is 8.68. The molecule has 5 rings (SSSR count). The lowest BCUT2D eigenvalue weighted by atomic mass is 9.98. The summed E-state index contributed by atoms with van der Waals surface area (Å²) >= 11 is 14.1. The lowest BCUT2D eigenvalue weighted by Gasteiger charge is -2.15. The van der Waals surface area contributed by atoms with Crippen molar-refractivity contribution in [3.05, 3.63) is 82.1 Å². The van der Waals surface area contributed by atoms with Crippen LogP contribution < -0.4 is 42.4 Å². The van der Waals surface area contributed by atoms with Crippen molar-refractivity contribution in [2.45, 2.75) is 38.4 Å². The Morgan fingerprint density at radius 1 is 0.917 bits per heavy atom. The minimum Gasteiger partial charge on any atom is -0.480 e. The second-order valence-electron chi connectivity index (χ2n) is 11.0. The highest BCUT2D eigenvalue weighted by molar-refractivity contribution is 6.39. The first-order chi connectivity index (χ1) is 23.4. The van der Waals surface area contributed by atoms with E-state index in [4.69, 9.17) is 54.2 Å². The topological polar surface area (TPSA) is 187 Å². The maximum absolute atomic E-state index is 11.5. The summed E-state index contributed by atoms with van der Waals surface area (Å²) in [7, 11) is 3.10. The molecule has 48 heavy (non-hydrogen) atoms. The molecule has 1 saturated heterocycles. The van der Waals surface area contributed by atoms with Crippen LogP contribution >= 0.6 is 23.2 Å². The van der Waals surface area contributed by atoms with Gasteiger partial charge in [-0.1, -0.05) is 59.6 Å². The molecule has 0 aliphatic carbocycles. The fraction of sp³-hybridized carbons (Fsp3) is 0.303. The van der Waals surface area contributed by atoms with Crippen molar-refractivity contribution < 1.29 is 14.3 Å². The summed E-state index contributed by atoms with van der Waals surface area (Å²) in [4.78, 5) is 30.1. The molecule has 3 heterocycles. The highest BCUT2D eigenvalue weighted by atomic mass is 35.5. The number of aromatic nitrogens is 4. The SMILES string of the molecule is COc1nc(-c2cccc(-c3cccc(-c4cnc(CNCC5CCC(=O)N5)c(OC)n4)c3Cl)c2Cl)cnc1CNCC/C(=C/N)NN. The van der Waals surface area contributed by atoms with Crippen molar-refractivity contribution in [1.82, 2.24) is 41.3 Å². The average molecular weight is 694 g/mol. The fourth-order valence-corrected chi connectivity index (χ4v) is 5.98. The highest BCUT2D eigenvalue weighted by Gasteiger charge is 2.21. The van der Waals surface area contributed by atoms with Crippen LogP contribution in [-0.4, -0.2) is 59.2 Å². The number of benzene rings is 2. The molecule has 1 fully saturated rings. The van der Waals surface area contributed by atoms with Gasteiger partial charge in [-0.05, 0) is 6.42 Å². The smallest absolute Gasteiger partial charge is 0.237 e. The monoisotopic (exact) mass is 692 g/mol. The molecule has 0 radical (unpaired) electrons. The molecule has 252 valence electrons. The van der Waals surface area contributed by atoms with Gasteiger partial charge in [-0.3, -0.25) is 20.6 Å². The van der Waals surface area contributed by atoms with E-state index in [0.29, 0.717) is 106 Å². The van der Waals surface area contributed by atoms with Crippen molar-refractivity contribution in [1.29, 1.82) is 0 Å². The van der Waals surface area contributed by atoms with E-state index in [2.05, 4.69) is 31.3 Å². The molecular weight excluding hydrogens is 655 g/mol. The predicted molar refractivity (Wildman–Crippen MR) is 186 cm³/mol. The van der Waals surface area contributed by atoms with Gasteiger partial charge in [0.25, 0.3) is 0 Å². The van der Waals surface area contributed by atoms with Crippen LogP contribution in [0.4, 0.5) is 0 Å². The van der Waals surface area contributed by atoms with E-state index >= 15 is 0 Å². The zero-order chi connectivity index (χ0) is 34.0. The number of ether oxygens (including phenoxy) is 2.